The molecule has 0 amide bonds. The summed E-state index contributed by atoms with van der Waals surface area (Å²) in [6, 6.07) is 8.27. The van der Waals surface area contributed by atoms with Crippen molar-refractivity contribution in [1.29, 1.82) is 0 Å². The van der Waals surface area contributed by atoms with Crippen LogP contribution in [0.2, 0.25) is 5.02 Å². The average Bonchev–Trinajstić information content (AvgIpc) is 3.23. The van der Waals surface area contributed by atoms with E-state index in [0.717, 1.165) is 37.4 Å². The second-order valence-corrected chi connectivity index (χ2v) is 9.12. The zero-order chi connectivity index (χ0) is 23.9. The van der Waals surface area contributed by atoms with Crippen LogP contribution in [0.3, 0.4) is 0 Å². The van der Waals surface area contributed by atoms with Crippen LogP contribution in [-0.2, 0) is 6.54 Å². The number of aryl methyl sites for hydroxylation is 1. The summed E-state index contributed by atoms with van der Waals surface area (Å²) >= 11 is 6.11. The molecule has 2 aromatic heterocycles. The highest BCUT2D eigenvalue weighted by atomic mass is 35.5. The number of halogens is 4. The van der Waals surface area contributed by atoms with Crippen molar-refractivity contribution in [2.24, 2.45) is 11.8 Å². The van der Waals surface area contributed by atoms with E-state index < -0.39 is 12.7 Å². The molecule has 1 saturated carbocycles. The Bertz CT molecular complexity index is 1160. The molecule has 2 bridgehead atoms. The highest BCUT2D eigenvalue weighted by Gasteiger charge is 2.43. The molecule has 1 saturated heterocycles. The second kappa shape index (κ2) is 8.94. The fourth-order valence-electron chi connectivity index (χ4n) is 4.77. The van der Waals surface area contributed by atoms with Gasteiger partial charge in [0, 0.05) is 30.9 Å². The molecular weight excluding hydrogens is 471 g/mol. The number of fused-ring (bicyclic) bond motifs is 2. The van der Waals surface area contributed by atoms with Crippen LogP contribution in [0.5, 0.6) is 11.8 Å². The van der Waals surface area contributed by atoms with Crippen molar-refractivity contribution in [2.75, 3.05) is 23.3 Å². The minimum atomic E-state index is -4.48. The lowest BCUT2D eigenvalue weighted by Gasteiger charge is -2.38. The maximum atomic E-state index is 13.2. The maximum absolute atomic E-state index is 13.2. The number of nitrogens with one attached hydrogen (secondary N) is 1. The Morgan fingerprint density at radius 1 is 1.15 bits per heavy atom. The standard InChI is InChI=1S/C22H23ClF3N7O/c1-13-8-18(28-12-27-13)32-9-14-6-7-15(10-32)19(14)29-20-30-21(33(31-20)11-22(24,25)26)34-17-5-3-2-4-16(17)23/h2-5,8,12,14-15,19H,6-7,9-11H2,1H3,(H,29,31). The molecule has 0 spiro atoms. The number of rotatable bonds is 6. The Hall–Kier alpha value is -3.08. The van der Waals surface area contributed by atoms with Crippen LogP contribution in [-0.4, -0.2) is 50.0 Å². The Kier molecular flexibility index (Phi) is 5.97. The lowest BCUT2D eigenvalue weighted by atomic mass is 9.92. The molecule has 2 fully saturated rings. The number of benzene rings is 1. The van der Waals surface area contributed by atoms with E-state index in [0.29, 0.717) is 4.68 Å². The lowest BCUT2D eigenvalue weighted by Crippen LogP contribution is -2.48. The highest BCUT2D eigenvalue weighted by molar-refractivity contribution is 6.32. The molecule has 1 N–H and O–H groups in total. The molecule has 0 radical (unpaired) electrons. The van der Waals surface area contributed by atoms with Gasteiger partial charge in [0.2, 0.25) is 5.95 Å². The van der Waals surface area contributed by atoms with Gasteiger partial charge >= 0.3 is 12.2 Å². The van der Waals surface area contributed by atoms with E-state index in [-0.39, 0.29) is 40.6 Å². The quantitative estimate of drug-likeness (QED) is 0.532. The van der Waals surface area contributed by atoms with E-state index in [1.807, 2.05) is 13.0 Å². The normalized spacial score (nSPS) is 22.1. The van der Waals surface area contributed by atoms with Crippen LogP contribution in [0.1, 0.15) is 18.5 Å². The zero-order valence-corrected chi connectivity index (χ0v) is 19.1. The van der Waals surface area contributed by atoms with Crippen LogP contribution >= 0.6 is 11.6 Å². The van der Waals surface area contributed by atoms with E-state index in [1.165, 1.54) is 0 Å². The summed E-state index contributed by atoms with van der Waals surface area (Å²) < 4.78 is 45.8. The summed E-state index contributed by atoms with van der Waals surface area (Å²) in [4.78, 5) is 15.0. The number of ether oxygens (including phenoxy) is 1. The van der Waals surface area contributed by atoms with Gasteiger partial charge in [-0.3, -0.25) is 0 Å². The van der Waals surface area contributed by atoms with Gasteiger partial charge in [-0.05, 0) is 43.7 Å². The first-order valence-electron chi connectivity index (χ1n) is 11.0. The van der Waals surface area contributed by atoms with Crippen LogP contribution in [0.25, 0.3) is 0 Å². The lowest BCUT2D eigenvalue weighted by molar-refractivity contribution is -0.143. The van der Waals surface area contributed by atoms with Gasteiger partial charge in [0.15, 0.2) is 0 Å². The molecule has 8 nitrogen and oxygen atoms in total. The third-order valence-corrected chi connectivity index (χ3v) is 6.56. The minimum Gasteiger partial charge on any atom is -0.423 e. The molecule has 3 aromatic rings. The first-order valence-corrected chi connectivity index (χ1v) is 11.4. The molecule has 12 heteroatoms. The van der Waals surface area contributed by atoms with Crippen LogP contribution in [0.4, 0.5) is 24.9 Å². The third-order valence-electron chi connectivity index (χ3n) is 6.25. The van der Waals surface area contributed by atoms with Gasteiger partial charge in [-0.25, -0.2) is 14.6 Å². The van der Waals surface area contributed by atoms with Crippen molar-refractivity contribution in [1.82, 2.24) is 24.7 Å². The molecular formula is C22H23ClF3N7O. The van der Waals surface area contributed by atoms with E-state index in [2.05, 4.69) is 30.3 Å². The van der Waals surface area contributed by atoms with Gasteiger partial charge in [0.1, 0.15) is 24.4 Å². The summed E-state index contributed by atoms with van der Waals surface area (Å²) in [6.07, 6.45) is -0.900. The second-order valence-electron chi connectivity index (χ2n) is 8.71. The molecule has 2 aliphatic rings. The predicted molar refractivity (Wildman–Crippen MR) is 120 cm³/mol. The number of hydrogen-bond acceptors (Lipinski definition) is 7. The van der Waals surface area contributed by atoms with Crippen LogP contribution in [0.15, 0.2) is 36.7 Å². The van der Waals surface area contributed by atoms with Crippen molar-refractivity contribution >= 4 is 23.4 Å². The van der Waals surface area contributed by atoms with E-state index in [1.54, 1.807) is 30.6 Å². The van der Waals surface area contributed by atoms with Crippen molar-refractivity contribution < 1.29 is 17.9 Å². The summed E-state index contributed by atoms with van der Waals surface area (Å²) in [5.41, 5.74) is 0.906. The minimum absolute atomic E-state index is 0.0501. The number of anilines is 2. The van der Waals surface area contributed by atoms with Crippen molar-refractivity contribution in [3.63, 3.8) is 0 Å². The van der Waals surface area contributed by atoms with Gasteiger partial charge in [0.25, 0.3) is 0 Å². The fraction of sp³-hybridized carbons (Fsp3) is 0.455. The number of hydrogen-bond donors (Lipinski definition) is 1. The van der Waals surface area contributed by atoms with Crippen LogP contribution in [0, 0.1) is 18.8 Å². The molecule has 1 aromatic carbocycles. The SMILES string of the molecule is Cc1cc(N2CC3CCC(C2)C3Nc2nc(Oc3ccccc3Cl)n(CC(F)(F)F)n2)ncn1. The number of alkyl halides is 3. The zero-order valence-electron chi connectivity index (χ0n) is 18.3. The van der Waals surface area contributed by atoms with Gasteiger partial charge in [0.05, 0.1) is 5.02 Å². The largest absolute Gasteiger partial charge is 0.423 e. The predicted octanol–water partition coefficient (Wildman–Crippen LogP) is 4.71. The first-order chi connectivity index (χ1) is 16.2. The summed E-state index contributed by atoms with van der Waals surface area (Å²) in [5.74, 6) is 1.79. The van der Waals surface area contributed by atoms with Crippen molar-refractivity contribution in [2.45, 2.75) is 38.5 Å². The molecule has 180 valence electrons. The molecule has 34 heavy (non-hydrogen) atoms. The van der Waals surface area contributed by atoms with E-state index in [4.69, 9.17) is 16.3 Å². The summed E-state index contributed by atoms with van der Waals surface area (Å²) in [6.45, 7) is 2.19. The van der Waals surface area contributed by atoms with E-state index >= 15 is 0 Å². The van der Waals surface area contributed by atoms with Crippen molar-refractivity contribution in [3.8, 4) is 11.8 Å². The average molecular weight is 494 g/mol. The number of aromatic nitrogens is 5. The van der Waals surface area contributed by atoms with E-state index in [9.17, 15) is 13.2 Å². The molecule has 3 heterocycles. The monoisotopic (exact) mass is 493 g/mol. The molecule has 1 aliphatic carbocycles. The Balaban J connectivity index is 1.35. The molecule has 2 unspecified atom stereocenters. The van der Waals surface area contributed by atoms with Gasteiger partial charge in [-0.15, -0.1) is 5.10 Å². The third kappa shape index (κ3) is 4.89. The van der Waals surface area contributed by atoms with Gasteiger partial charge in [-0.1, -0.05) is 23.7 Å². The Morgan fingerprint density at radius 2 is 1.88 bits per heavy atom. The summed E-state index contributed by atoms with van der Waals surface area (Å²) in [7, 11) is 0. The molecule has 5 rings (SSSR count). The molecule has 2 atom stereocenters. The highest BCUT2D eigenvalue weighted by Crippen LogP contribution is 2.40. The van der Waals surface area contributed by atoms with Gasteiger partial charge < -0.3 is 15.0 Å². The maximum Gasteiger partial charge on any atom is 0.408 e. The summed E-state index contributed by atoms with van der Waals surface area (Å²) in [5, 5.41) is 7.63. The smallest absolute Gasteiger partial charge is 0.408 e. The van der Waals surface area contributed by atoms with Crippen LogP contribution < -0.4 is 15.0 Å². The number of nitrogens with zero attached hydrogens (tertiary/aromatic N) is 6. The number of piperidine rings is 1. The Labute approximate surface area is 199 Å². The Morgan fingerprint density at radius 3 is 2.56 bits per heavy atom. The van der Waals surface area contributed by atoms with Crippen molar-refractivity contribution in [3.05, 3.63) is 47.4 Å². The fourth-order valence-corrected chi connectivity index (χ4v) is 4.95. The van der Waals surface area contributed by atoms with Gasteiger partial charge in [-0.2, -0.15) is 18.2 Å². The topological polar surface area (TPSA) is 81.0 Å². The molecule has 1 aliphatic heterocycles. The number of para-hydroxylation sites is 1. The first kappa shape index (κ1) is 22.7.